The van der Waals surface area contributed by atoms with Gasteiger partial charge in [0.25, 0.3) is 0 Å². The molecule has 1 amide bonds. The van der Waals surface area contributed by atoms with E-state index in [0.29, 0.717) is 5.82 Å². The Labute approximate surface area is 94.9 Å². The number of hydrogen-bond acceptors (Lipinski definition) is 4. The average Bonchev–Trinajstić information content (AvgIpc) is 2.30. The molecular formula is C11H16N4O. The van der Waals surface area contributed by atoms with Crippen molar-refractivity contribution in [2.45, 2.75) is 6.04 Å². The molecule has 1 aliphatic rings. The fourth-order valence-electron chi connectivity index (χ4n) is 1.72. The van der Waals surface area contributed by atoms with E-state index in [9.17, 15) is 4.79 Å². The zero-order valence-electron chi connectivity index (χ0n) is 9.31. The van der Waals surface area contributed by atoms with Crippen molar-refractivity contribution >= 4 is 11.7 Å². The number of likely N-dealkylation sites (N-methyl/N-ethyl adjacent to an activating group) is 1. The van der Waals surface area contributed by atoms with Crippen molar-refractivity contribution in [2.75, 3.05) is 32.0 Å². The van der Waals surface area contributed by atoms with Crippen LogP contribution in [0.1, 0.15) is 0 Å². The number of nitrogens with zero attached hydrogens (tertiary/aromatic N) is 2. The summed E-state index contributed by atoms with van der Waals surface area (Å²) in [6.45, 7) is 2.56. The molecule has 5 heteroatoms. The predicted molar refractivity (Wildman–Crippen MR) is 62.2 cm³/mol. The Morgan fingerprint density at radius 2 is 2.50 bits per heavy atom. The second kappa shape index (κ2) is 5.05. The first kappa shape index (κ1) is 11.0. The van der Waals surface area contributed by atoms with Crippen LogP contribution in [0.25, 0.3) is 0 Å². The van der Waals surface area contributed by atoms with E-state index in [1.54, 1.807) is 12.3 Å². The SMILES string of the molecule is CN1CCNC(C(=O)Nc2ccccn2)C1. The molecular weight excluding hydrogens is 204 g/mol. The van der Waals surface area contributed by atoms with Crippen molar-refractivity contribution in [1.29, 1.82) is 0 Å². The van der Waals surface area contributed by atoms with Gasteiger partial charge in [-0.2, -0.15) is 0 Å². The molecule has 2 rings (SSSR count). The maximum absolute atomic E-state index is 11.9. The van der Waals surface area contributed by atoms with E-state index in [-0.39, 0.29) is 11.9 Å². The number of anilines is 1. The summed E-state index contributed by atoms with van der Waals surface area (Å²) < 4.78 is 0. The van der Waals surface area contributed by atoms with Crippen LogP contribution in [0.2, 0.25) is 0 Å². The summed E-state index contributed by atoms with van der Waals surface area (Å²) in [5, 5.41) is 5.98. The van der Waals surface area contributed by atoms with Crippen molar-refractivity contribution in [2.24, 2.45) is 0 Å². The smallest absolute Gasteiger partial charge is 0.243 e. The van der Waals surface area contributed by atoms with Crippen LogP contribution >= 0.6 is 0 Å². The third-order valence-corrected chi connectivity index (χ3v) is 2.61. The van der Waals surface area contributed by atoms with E-state index >= 15 is 0 Å². The van der Waals surface area contributed by atoms with E-state index in [1.165, 1.54) is 0 Å². The number of carbonyl (C=O) groups excluding carboxylic acids is 1. The second-order valence-electron chi connectivity index (χ2n) is 3.97. The number of nitrogens with one attached hydrogen (secondary N) is 2. The molecule has 86 valence electrons. The summed E-state index contributed by atoms with van der Waals surface area (Å²) in [4.78, 5) is 18.1. The minimum absolute atomic E-state index is 0.0229. The fraction of sp³-hybridized carbons (Fsp3) is 0.455. The van der Waals surface area contributed by atoms with Crippen LogP contribution in [-0.4, -0.2) is 48.5 Å². The van der Waals surface area contributed by atoms with E-state index in [1.807, 2.05) is 19.2 Å². The largest absolute Gasteiger partial charge is 0.309 e. The molecule has 5 nitrogen and oxygen atoms in total. The standard InChI is InChI=1S/C11H16N4O/c1-15-7-6-12-9(8-15)11(16)14-10-4-2-3-5-13-10/h2-5,9,12H,6-8H2,1H3,(H,13,14,16). The molecule has 16 heavy (non-hydrogen) atoms. The van der Waals surface area contributed by atoms with Crippen molar-refractivity contribution < 1.29 is 4.79 Å². The second-order valence-corrected chi connectivity index (χ2v) is 3.97. The van der Waals surface area contributed by atoms with Crippen molar-refractivity contribution in [1.82, 2.24) is 15.2 Å². The minimum atomic E-state index is -0.152. The van der Waals surface area contributed by atoms with Crippen LogP contribution in [0.4, 0.5) is 5.82 Å². The lowest BCUT2D eigenvalue weighted by Gasteiger charge is -2.29. The van der Waals surface area contributed by atoms with Gasteiger partial charge in [0.15, 0.2) is 0 Å². The summed E-state index contributed by atoms with van der Waals surface area (Å²) in [6.07, 6.45) is 1.66. The Bertz CT molecular complexity index is 354. The number of amides is 1. The summed E-state index contributed by atoms with van der Waals surface area (Å²) >= 11 is 0. The van der Waals surface area contributed by atoms with Gasteiger partial charge in [0.05, 0.1) is 6.04 Å². The maximum atomic E-state index is 11.9. The lowest BCUT2D eigenvalue weighted by Crippen LogP contribution is -2.54. The van der Waals surface area contributed by atoms with Gasteiger partial charge in [-0.3, -0.25) is 4.79 Å². The first-order valence-electron chi connectivity index (χ1n) is 5.39. The molecule has 0 aliphatic carbocycles. The molecule has 1 aliphatic heterocycles. The van der Waals surface area contributed by atoms with Gasteiger partial charge >= 0.3 is 0 Å². The van der Waals surface area contributed by atoms with Gasteiger partial charge in [-0.25, -0.2) is 4.98 Å². The number of rotatable bonds is 2. The normalized spacial score (nSPS) is 21.7. The first-order valence-corrected chi connectivity index (χ1v) is 5.39. The zero-order chi connectivity index (χ0) is 11.4. The Morgan fingerprint density at radius 3 is 3.19 bits per heavy atom. The summed E-state index contributed by atoms with van der Waals surface area (Å²) in [6, 6.07) is 5.30. The van der Waals surface area contributed by atoms with Crippen LogP contribution in [0.5, 0.6) is 0 Å². The molecule has 1 aromatic rings. The van der Waals surface area contributed by atoms with Crippen LogP contribution in [-0.2, 0) is 4.79 Å². The summed E-state index contributed by atoms with van der Waals surface area (Å²) in [5.74, 6) is 0.577. The monoisotopic (exact) mass is 220 g/mol. The number of hydrogen-bond donors (Lipinski definition) is 2. The van der Waals surface area contributed by atoms with Gasteiger partial charge in [0.2, 0.25) is 5.91 Å². The van der Waals surface area contributed by atoms with Gasteiger partial charge in [-0.15, -0.1) is 0 Å². The number of carbonyl (C=O) groups is 1. The van der Waals surface area contributed by atoms with Crippen LogP contribution < -0.4 is 10.6 Å². The molecule has 2 heterocycles. The predicted octanol–water partition coefficient (Wildman–Crippen LogP) is -0.0763. The van der Waals surface area contributed by atoms with Gasteiger partial charge in [0, 0.05) is 25.8 Å². The molecule has 0 aromatic carbocycles. The lowest BCUT2D eigenvalue weighted by atomic mass is 10.2. The molecule has 2 N–H and O–H groups in total. The number of piperazine rings is 1. The Morgan fingerprint density at radius 1 is 1.62 bits per heavy atom. The minimum Gasteiger partial charge on any atom is -0.309 e. The molecule has 0 saturated carbocycles. The molecule has 1 saturated heterocycles. The van der Waals surface area contributed by atoms with E-state index in [0.717, 1.165) is 19.6 Å². The number of pyridine rings is 1. The summed E-state index contributed by atoms with van der Waals surface area (Å²) in [7, 11) is 2.02. The highest BCUT2D eigenvalue weighted by Crippen LogP contribution is 2.03. The van der Waals surface area contributed by atoms with Gasteiger partial charge in [0.1, 0.15) is 5.82 Å². The fourth-order valence-corrected chi connectivity index (χ4v) is 1.72. The Balaban J connectivity index is 1.93. The molecule has 1 fully saturated rings. The third kappa shape index (κ3) is 2.77. The van der Waals surface area contributed by atoms with Gasteiger partial charge < -0.3 is 15.5 Å². The molecule has 1 aromatic heterocycles. The van der Waals surface area contributed by atoms with Gasteiger partial charge in [-0.05, 0) is 19.2 Å². The highest BCUT2D eigenvalue weighted by molar-refractivity contribution is 5.94. The van der Waals surface area contributed by atoms with Crippen molar-refractivity contribution in [3.05, 3.63) is 24.4 Å². The van der Waals surface area contributed by atoms with Crippen LogP contribution in [0.3, 0.4) is 0 Å². The quantitative estimate of drug-likeness (QED) is 0.732. The molecule has 1 unspecified atom stereocenters. The van der Waals surface area contributed by atoms with Crippen molar-refractivity contribution in [3.8, 4) is 0 Å². The molecule has 1 atom stereocenters. The van der Waals surface area contributed by atoms with Crippen LogP contribution in [0, 0.1) is 0 Å². The number of aromatic nitrogens is 1. The molecule has 0 spiro atoms. The van der Waals surface area contributed by atoms with E-state index in [4.69, 9.17) is 0 Å². The maximum Gasteiger partial charge on any atom is 0.243 e. The Kier molecular flexibility index (Phi) is 3.48. The topological polar surface area (TPSA) is 57.3 Å². The highest BCUT2D eigenvalue weighted by Gasteiger charge is 2.23. The third-order valence-electron chi connectivity index (χ3n) is 2.61. The van der Waals surface area contributed by atoms with Crippen molar-refractivity contribution in [3.63, 3.8) is 0 Å². The van der Waals surface area contributed by atoms with E-state index < -0.39 is 0 Å². The molecule has 0 radical (unpaired) electrons. The first-order chi connectivity index (χ1) is 7.75. The average molecular weight is 220 g/mol. The zero-order valence-corrected chi connectivity index (χ0v) is 9.31. The van der Waals surface area contributed by atoms with E-state index in [2.05, 4.69) is 20.5 Å². The molecule has 0 bridgehead atoms. The van der Waals surface area contributed by atoms with Crippen LogP contribution in [0.15, 0.2) is 24.4 Å². The van der Waals surface area contributed by atoms with Gasteiger partial charge in [-0.1, -0.05) is 6.07 Å². The summed E-state index contributed by atoms with van der Waals surface area (Å²) in [5.41, 5.74) is 0. The highest BCUT2D eigenvalue weighted by atomic mass is 16.2. The lowest BCUT2D eigenvalue weighted by molar-refractivity contribution is -0.119. The Hall–Kier alpha value is -1.46.